The van der Waals surface area contributed by atoms with E-state index in [9.17, 15) is 9.59 Å². The number of carbonyl (C=O) groups excluding carboxylic acids is 2. The van der Waals surface area contributed by atoms with E-state index in [0.29, 0.717) is 30.4 Å². The Morgan fingerprint density at radius 1 is 0.865 bits per heavy atom. The second-order valence-electron chi connectivity index (χ2n) is 8.99. The Morgan fingerprint density at radius 2 is 1.62 bits per heavy atom. The summed E-state index contributed by atoms with van der Waals surface area (Å²) in [4.78, 5) is 34.8. The van der Waals surface area contributed by atoms with Gasteiger partial charge in [-0.05, 0) is 67.4 Å². The highest BCUT2D eigenvalue weighted by atomic mass is 79.9. The summed E-state index contributed by atoms with van der Waals surface area (Å²) in [5.41, 5.74) is 2.09. The molecule has 0 aliphatic carbocycles. The maximum Gasteiger partial charge on any atom is 0.266 e. The van der Waals surface area contributed by atoms with Gasteiger partial charge in [-0.2, -0.15) is 0 Å². The highest BCUT2D eigenvalue weighted by Crippen LogP contribution is 2.48. The van der Waals surface area contributed by atoms with Gasteiger partial charge < -0.3 is 9.47 Å². The molecule has 2 aliphatic heterocycles. The van der Waals surface area contributed by atoms with E-state index in [1.807, 2.05) is 67.6 Å². The van der Waals surface area contributed by atoms with Crippen LogP contribution >= 0.6 is 15.9 Å². The van der Waals surface area contributed by atoms with Gasteiger partial charge in [0.1, 0.15) is 5.92 Å². The van der Waals surface area contributed by atoms with Crippen molar-refractivity contribution in [2.45, 2.75) is 38.8 Å². The number of carbonyl (C=O) groups is 2. The first-order valence-corrected chi connectivity index (χ1v) is 13.4. The number of benzene rings is 3. The number of para-hydroxylation sites is 1. The van der Waals surface area contributed by atoms with Gasteiger partial charge >= 0.3 is 0 Å². The molecule has 5 rings (SSSR count). The van der Waals surface area contributed by atoms with Crippen LogP contribution in [0.4, 0.5) is 11.4 Å². The monoisotopic (exact) mass is 564 g/mol. The Labute approximate surface area is 225 Å². The first-order chi connectivity index (χ1) is 18.0. The van der Waals surface area contributed by atoms with Crippen molar-refractivity contribution in [1.82, 2.24) is 0 Å². The van der Waals surface area contributed by atoms with E-state index in [2.05, 4.69) is 22.9 Å². The second-order valence-corrected chi connectivity index (χ2v) is 9.90. The molecule has 8 heteroatoms. The van der Waals surface area contributed by atoms with Crippen molar-refractivity contribution in [3.63, 3.8) is 0 Å². The maximum atomic E-state index is 13.8. The first kappa shape index (κ1) is 25.3. The van der Waals surface area contributed by atoms with Crippen molar-refractivity contribution < 1.29 is 23.9 Å². The van der Waals surface area contributed by atoms with Crippen molar-refractivity contribution in [2.24, 2.45) is 5.92 Å². The van der Waals surface area contributed by atoms with Crippen molar-refractivity contribution in [3.8, 4) is 11.5 Å². The van der Waals surface area contributed by atoms with Crippen LogP contribution in [0.2, 0.25) is 0 Å². The van der Waals surface area contributed by atoms with Crippen LogP contribution in [0.25, 0.3) is 0 Å². The lowest BCUT2D eigenvalue weighted by atomic mass is 9.90. The number of anilines is 2. The summed E-state index contributed by atoms with van der Waals surface area (Å²) in [7, 11) is 0. The van der Waals surface area contributed by atoms with Gasteiger partial charge in [-0.15, -0.1) is 0 Å². The van der Waals surface area contributed by atoms with E-state index in [-0.39, 0.29) is 11.8 Å². The summed E-state index contributed by atoms with van der Waals surface area (Å²) in [5.74, 6) is -0.120. The Morgan fingerprint density at radius 3 is 2.32 bits per heavy atom. The van der Waals surface area contributed by atoms with E-state index in [1.54, 1.807) is 17.2 Å². The van der Waals surface area contributed by atoms with Crippen LogP contribution < -0.4 is 19.4 Å². The molecule has 0 aromatic heterocycles. The molecule has 2 fully saturated rings. The van der Waals surface area contributed by atoms with Crippen molar-refractivity contribution >= 4 is 39.1 Å². The molecule has 2 heterocycles. The number of halogens is 1. The molecule has 3 atom stereocenters. The molecule has 3 aromatic carbocycles. The number of amides is 2. The molecule has 0 saturated carbocycles. The van der Waals surface area contributed by atoms with Gasteiger partial charge in [0.15, 0.2) is 17.6 Å². The predicted molar refractivity (Wildman–Crippen MR) is 145 cm³/mol. The smallest absolute Gasteiger partial charge is 0.266 e. The maximum absolute atomic E-state index is 13.8. The van der Waals surface area contributed by atoms with Crippen LogP contribution in [0.3, 0.4) is 0 Å². The Hall–Kier alpha value is -3.36. The summed E-state index contributed by atoms with van der Waals surface area (Å²) in [5, 5.41) is 1.69. The molecule has 0 bridgehead atoms. The van der Waals surface area contributed by atoms with Crippen molar-refractivity contribution in [2.75, 3.05) is 23.2 Å². The summed E-state index contributed by atoms with van der Waals surface area (Å²) in [6.45, 7) is 5.10. The third-order valence-corrected chi connectivity index (χ3v) is 7.10. The van der Waals surface area contributed by atoms with Crippen molar-refractivity contribution in [1.29, 1.82) is 0 Å². The average Bonchev–Trinajstić information content (AvgIpc) is 3.42. The third-order valence-electron chi connectivity index (χ3n) is 6.58. The number of imide groups is 1. The molecule has 192 valence electrons. The number of fused-ring (bicyclic) bond motifs is 1. The lowest BCUT2D eigenvalue weighted by Gasteiger charge is -2.29. The zero-order valence-corrected chi connectivity index (χ0v) is 22.4. The fourth-order valence-corrected chi connectivity index (χ4v) is 5.08. The SMILES string of the molecule is CCCCOc1ccc([C@@H]2[C@@H]3C(=O)N(c4ccc(Br)cc4)C(=O)[C@H]3ON2c2ccccc2)cc1OCC. The quantitative estimate of drug-likeness (QED) is 0.232. The topological polar surface area (TPSA) is 68.3 Å². The summed E-state index contributed by atoms with van der Waals surface area (Å²) >= 11 is 3.41. The van der Waals surface area contributed by atoms with Crippen LogP contribution in [-0.2, 0) is 14.4 Å². The van der Waals surface area contributed by atoms with E-state index in [0.717, 1.165) is 28.6 Å². The van der Waals surface area contributed by atoms with E-state index >= 15 is 0 Å². The number of hydrogen-bond donors (Lipinski definition) is 0. The van der Waals surface area contributed by atoms with Crippen LogP contribution in [0.5, 0.6) is 11.5 Å². The summed E-state index contributed by atoms with van der Waals surface area (Å²) in [6, 6.07) is 21.8. The van der Waals surface area contributed by atoms with Gasteiger partial charge in [-0.1, -0.05) is 53.5 Å². The summed E-state index contributed by atoms with van der Waals surface area (Å²) < 4.78 is 12.7. The van der Waals surface area contributed by atoms with Gasteiger partial charge in [0.05, 0.1) is 30.6 Å². The Balaban J connectivity index is 1.55. The molecule has 7 nitrogen and oxygen atoms in total. The van der Waals surface area contributed by atoms with Gasteiger partial charge in [-0.25, -0.2) is 9.96 Å². The van der Waals surface area contributed by atoms with E-state index in [1.165, 1.54) is 4.90 Å². The molecule has 0 unspecified atom stereocenters. The molecule has 37 heavy (non-hydrogen) atoms. The van der Waals surface area contributed by atoms with Gasteiger partial charge in [0.2, 0.25) is 5.91 Å². The molecule has 2 amide bonds. The molecule has 0 radical (unpaired) electrons. The van der Waals surface area contributed by atoms with E-state index in [4.69, 9.17) is 14.3 Å². The minimum atomic E-state index is -0.933. The zero-order valence-electron chi connectivity index (χ0n) is 20.8. The summed E-state index contributed by atoms with van der Waals surface area (Å²) in [6.07, 6.45) is 1.04. The van der Waals surface area contributed by atoms with Crippen molar-refractivity contribution in [3.05, 3.63) is 82.8 Å². The number of nitrogens with zero attached hydrogens (tertiary/aromatic N) is 2. The number of hydroxylamine groups is 1. The number of unbranched alkanes of at least 4 members (excludes halogenated alkanes) is 1. The molecule has 2 saturated heterocycles. The van der Waals surface area contributed by atoms with Gasteiger partial charge in [-0.3, -0.25) is 14.4 Å². The van der Waals surface area contributed by atoms with Crippen LogP contribution in [-0.4, -0.2) is 31.1 Å². The lowest BCUT2D eigenvalue weighted by molar-refractivity contribution is -0.126. The molecule has 2 aliphatic rings. The third kappa shape index (κ3) is 4.83. The largest absolute Gasteiger partial charge is 0.490 e. The highest BCUT2D eigenvalue weighted by Gasteiger charge is 2.60. The number of hydrogen-bond acceptors (Lipinski definition) is 6. The van der Waals surface area contributed by atoms with Gasteiger partial charge in [0.25, 0.3) is 5.91 Å². The highest BCUT2D eigenvalue weighted by molar-refractivity contribution is 9.10. The Kier molecular flexibility index (Phi) is 7.48. The van der Waals surface area contributed by atoms with Crippen LogP contribution in [0, 0.1) is 5.92 Å². The average molecular weight is 565 g/mol. The molecular formula is C29H29BrN2O5. The first-order valence-electron chi connectivity index (χ1n) is 12.6. The minimum absolute atomic E-state index is 0.290. The van der Waals surface area contributed by atoms with E-state index < -0.39 is 18.1 Å². The fourth-order valence-electron chi connectivity index (χ4n) is 4.82. The second kappa shape index (κ2) is 10.9. The lowest BCUT2D eigenvalue weighted by Crippen LogP contribution is -2.37. The predicted octanol–water partition coefficient (Wildman–Crippen LogP) is 6.08. The number of rotatable bonds is 9. The zero-order chi connectivity index (χ0) is 25.9. The normalized spacial score (nSPS) is 20.9. The standard InChI is InChI=1S/C29H29BrN2O5/c1-3-5-17-36-23-16-11-19(18-24(23)35-4-2)26-25-27(37-32(26)22-9-7-6-8-10-22)29(34)31(28(25)33)21-14-12-20(30)13-15-21/h6-16,18,25-27H,3-5,17H2,1-2H3/t25-,26+,27-/m0/s1. The molecular weight excluding hydrogens is 536 g/mol. The molecule has 3 aromatic rings. The Bertz CT molecular complexity index is 1270. The minimum Gasteiger partial charge on any atom is -0.490 e. The van der Waals surface area contributed by atoms with Crippen LogP contribution in [0.1, 0.15) is 38.3 Å². The molecule has 0 N–H and O–H groups in total. The molecule has 0 spiro atoms. The fraction of sp³-hybridized carbons (Fsp3) is 0.310. The number of ether oxygens (including phenoxy) is 2. The van der Waals surface area contributed by atoms with Crippen LogP contribution in [0.15, 0.2) is 77.3 Å². The van der Waals surface area contributed by atoms with Gasteiger partial charge in [0, 0.05) is 4.47 Å².